The Balaban J connectivity index is 1.98. The number of benzene rings is 1. The minimum absolute atomic E-state index is 0.500. The zero-order valence-corrected chi connectivity index (χ0v) is 12.0. The molecule has 0 amide bonds. The van der Waals surface area contributed by atoms with E-state index in [0.717, 1.165) is 29.5 Å². The zero-order valence-electron chi connectivity index (χ0n) is 12.0. The molecule has 1 aliphatic carbocycles. The van der Waals surface area contributed by atoms with Crippen LogP contribution in [0.25, 0.3) is 16.7 Å². The number of fused-ring (bicyclic) bond motifs is 1. The van der Waals surface area contributed by atoms with E-state index < -0.39 is 0 Å². The van der Waals surface area contributed by atoms with E-state index in [1.807, 2.05) is 6.07 Å². The van der Waals surface area contributed by atoms with Crippen molar-refractivity contribution in [1.82, 2.24) is 4.98 Å². The number of nitrogens with zero attached hydrogens (tertiary/aromatic N) is 1. The first-order valence-corrected chi connectivity index (χ1v) is 7.26. The van der Waals surface area contributed by atoms with Gasteiger partial charge in [-0.2, -0.15) is 0 Å². The number of rotatable bonds is 3. The van der Waals surface area contributed by atoms with E-state index >= 15 is 0 Å². The number of aryl methyl sites for hydroxylation is 1. The summed E-state index contributed by atoms with van der Waals surface area (Å²) in [7, 11) is 0. The Kier molecular flexibility index (Phi) is 3.55. The normalized spacial score (nSPS) is 18.3. The first kappa shape index (κ1) is 12.9. The highest BCUT2D eigenvalue weighted by Gasteiger charge is 2.10. The van der Waals surface area contributed by atoms with Crippen LogP contribution in [0, 0.1) is 5.92 Å². The van der Waals surface area contributed by atoms with Crippen LogP contribution in [-0.2, 0) is 6.42 Å². The highest BCUT2D eigenvalue weighted by Crippen LogP contribution is 2.25. The molecule has 0 saturated heterocycles. The van der Waals surface area contributed by atoms with Gasteiger partial charge in [0.2, 0.25) is 5.89 Å². The molecule has 1 heterocycles. The van der Waals surface area contributed by atoms with Crippen LogP contribution in [0.1, 0.15) is 31.7 Å². The molecule has 0 spiro atoms. The fraction of sp³-hybridized carbons (Fsp3) is 0.278. The van der Waals surface area contributed by atoms with Gasteiger partial charge in [-0.25, -0.2) is 4.98 Å². The lowest BCUT2D eigenvalue weighted by Crippen LogP contribution is -1.86. The molecule has 1 unspecified atom stereocenters. The maximum Gasteiger partial charge on any atom is 0.227 e. The first-order chi connectivity index (χ1) is 9.80. The molecule has 1 atom stereocenters. The summed E-state index contributed by atoms with van der Waals surface area (Å²) in [5.41, 5.74) is 4.11. The van der Waals surface area contributed by atoms with Gasteiger partial charge < -0.3 is 4.42 Å². The molecular weight excluding hydrogens is 246 g/mol. The summed E-state index contributed by atoms with van der Waals surface area (Å²) in [5, 5.41) is 0. The lowest BCUT2D eigenvalue weighted by atomic mass is 10.1. The van der Waals surface area contributed by atoms with Crippen LogP contribution in [0.4, 0.5) is 0 Å². The third-order valence-corrected chi connectivity index (χ3v) is 3.74. The largest absolute Gasteiger partial charge is 0.436 e. The Morgan fingerprint density at radius 1 is 1.20 bits per heavy atom. The predicted octanol–water partition coefficient (Wildman–Crippen LogP) is 4.93. The highest BCUT2D eigenvalue weighted by atomic mass is 16.3. The predicted molar refractivity (Wildman–Crippen MR) is 83.4 cm³/mol. The van der Waals surface area contributed by atoms with Gasteiger partial charge in [0.05, 0.1) is 0 Å². The van der Waals surface area contributed by atoms with Crippen LogP contribution in [0.5, 0.6) is 0 Å². The van der Waals surface area contributed by atoms with Crippen LogP contribution < -0.4 is 0 Å². The van der Waals surface area contributed by atoms with Gasteiger partial charge in [-0.05, 0) is 42.5 Å². The molecule has 0 fully saturated rings. The van der Waals surface area contributed by atoms with Gasteiger partial charge in [-0.3, -0.25) is 0 Å². The molecule has 1 aliphatic rings. The lowest BCUT2D eigenvalue weighted by Gasteiger charge is -1.99. The summed E-state index contributed by atoms with van der Waals surface area (Å²) in [5.74, 6) is 1.20. The van der Waals surface area contributed by atoms with Crippen molar-refractivity contribution in [3.05, 3.63) is 60.0 Å². The molecule has 0 radical (unpaired) electrons. The molecule has 0 saturated carbocycles. The monoisotopic (exact) mass is 265 g/mol. The minimum atomic E-state index is 0.500. The molecule has 2 heteroatoms. The van der Waals surface area contributed by atoms with Gasteiger partial charge in [-0.15, -0.1) is 0 Å². The van der Waals surface area contributed by atoms with Crippen molar-refractivity contribution >= 4 is 16.7 Å². The Morgan fingerprint density at radius 3 is 2.90 bits per heavy atom. The standard InChI is InChI=1S/C18H19NO/c1-3-13-6-5-7-15(10-8-13)18-19-16-12-14(4-2)9-11-17(16)20-18/h5-13H,3-4H2,1-2H3. The van der Waals surface area contributed by atoms with Crippen molar-refractivity contribution in [2.75, 3.05) is 0 Å². The van der Waals surface area contributed by atoms with Crippen LogP contribution >= 0.6 is 0 Å². The molecule has 2 aromatic rings. The summed E-state index contributed by atoms with van der Waals surface area (Å²) in [6.07, 6.45) is 12.8. The van der Waals surface area contributed by atoms with Gasteiger partial charge in [0.15, 0.2) is 5.58 Å². The summed E-state index contributed by atoms with van der Waals surface area (Å²) in [6, 6.07) is 6.21. The summed E-state index contributed by atoms with van der Waals surface area (Å²) >= 11 is 0. The molecular formula is C18H19NO. The molecule has 20 heavy (non-hydrogen) atoms. The van der Waals surface area contributed by atoms with E-state index in [4.69, 9.17) is 4.42 Å². The Bertz CT molecular complexity index is 703. The van der Waals surface area contributed by atoms with E-state index in [1.165, 1.54) is 5.56 Å². The minimum Gasteiger partial charge on any atom is -0.436 e. The van der Waals surface area contributed by atoms with Crippen LogP contribution in [0.15, 0.2) is 53.0 Å². The molecule has 0 N–H and O–H groups in total. The number of hydrogen-bond donors (Lipinski definition) is 0. The molecule has 0 bridgehead atoms. The third-order valence-electron chi connectivity index (χ3n) is 3.74. The smallest absolute Gasteiger partial charge is 0.227 e. The van der Waals surface area contributed by atoms with E-state index in [2.05, 4.69) is 61.3 Å². The van der Waals surface area contributed by atoms with Crippen molar-refractivity contribution in [3.8, 4) is 0 Å². The van der Waals surface area contributed by atoms with Crippen molar-refractivity contribution in [3.63, 3.8) is 0 Å². The van der Waals surface area contributed by atoms with Gasteiger partial charge >= 0.3 is 0 Å². The van der Waals surface area contributed by atoms with Crippen molar-refractivity contribution in [2.45, 2.75) is 26.7 Å². The second kappa shape index (κ2) is 5.49. The highest BCUT2D eigenvalue weighted by molar-refractivity contribution is 5.79. The molecule has 1 aromatic heterocycles. The Morgan fingerprint density at radius 2 is 2.10 bits per heavy atom. The third kappa shape index (κ3) is 2.46. The number of allylic oxidation sites excluding steroid dienone is 6. The lowest BCUT2D eigenvalue weighted by molar-refractivity contribution is 0.585. The van der Waals surface area contributed by atoms with E-state index in [0.29, 0.717) is 11.8 Å². The maximum atomic E-state index is 5.87. The van der Waals surface area contributed by atoms with Gasteiger partial charge in [0, 0.05) is 5.57 Å². The van der Waals surface area contributed by atoms with E-state index in [1.54, 1.807) is 0 Å². The number of hydrogen-bond acceptors (Lipinski definition) is 2. The van der Waals surface area contributed by atoms with E-state index in [-0.39, 0.29) is 0 Å². The molecule has 3 rings (SSSR count). The second-order valence-corrected chi connectivity index (χ2v) is 5.11. The first-order valence-electron chi connectivity index (χ1n) is 7.26. The fourth-order valence-corrected chi connectivity index (χ4v) is 2.38. The maximum absolute atomic E-state index is 5.87. The van der Waals surface area contributed by atoms with Crippen molar-refractivity contribution in [2.24, 2.45) is 5.92 Å². The SMILES string of the molecule is CCc1ccc2oc(C3=CC=CC(CC)C=C3)nc2c1. The summed E-state index contributed by atoms with van der Waals surface area (Å²) < 4.78 is 5.87. The molecule has 102 valence electrons. The van der Waals surface area contributed by atoms with Gasteiger partial charge in [0.1, 0.15) is 5.52 Å². The fourth-order valence-electron chi connectivity index (χ4n) is 2.38. The average molecular weight is 265 g/mol. The van der Waals surface area contributed by atoms with Crippen molar-refractivity contribution in [1.29, 1.82) is 0 Å². The Hall–Kier alpha value is -2.09. The molecule has 2 nitrogen and oxygen atoms in total. The van der Waals surface area contributed by atoms with Crippen molar-refractivity contribution < 1.29 is 4.42 Å². The zero-order chi connectivity index (χ0) is 13.9. The molecule has 0 aliphatic heterocycles. The van der Waals surface area contributed by atoms with E-state index in [9.17, 15) is 0 Å². The van der Waals surface area contributed by atoms with Crippen LogP contribution in [0.3, 0.4) is 0 Å². The topological polar surface area (TPSA) is 26.0 Å². The number of oxazole rings is 1. The van der Waals surface area contributed by atoms with Crippen LogP contribution in [0.2, 0.25) is 0 Å². The second-order valence-electron chi connectivity index (χ2n) is 5.11. The number of aromatic nitrogens is 1. The van der Waals surface area contributed by atoms with Gasteiger partial charge in [-0.1, -0.05) is 44.2 Å². The summed E-state index contributed by atoms with van der Waals surface area (Å²) in [6.45, 7) is 4.34. The molecule has 1 aromatic carbocycles. The quantitative estimate of drug-likeness (QED) is 0.786. The van der Waals surface area contributed by atoms with Crippen LogP contribution in [-0.4, -0.2) is 4.98 Å². The Labute approximate surface area is 119 Å². The van der Waals surface area contributed by atoms with Gasteiger partial charge in [0.25, 0.3) is 0 Å². The average Bonchev–Trinajstić information content (AvgIpc) is 2.75. The summed E-state index contributed by atoms with van der Waals surface area (Å²) in [4.78, 5) is 4.62.